The molecule has 166 valence electrons. The van der Waals surface area contributed by atoms with Crippen LogP contribution in [0, 0.1) is 0 Å². The number of nitrogens with one attached hydrogen (secondary N) is 2. The second kappa shape index (κ2) is 8.00. The Morgan fingerprint density at radius 2 is 1.94 bits per heavy atom. The maximum absolute atomic E-state index is 13.0. The van der Waals surface area contributed by atoms with Crippen molar-refractivity contribution >= 4 is 17.7 Å². The van der Waals surface area contributed by atoms with Gasteiger partial charge >= 0.3 is 0 Å². The summed E-state index contributed by atoms with van der Waals surface area (Å²) in [6, 6.07) is 5.36. The summed E-state index contributed by atoms with van der Waals surface area (Å²) in [4.78, 5) is 43.4. The van der Waals surface area contributed by atoms with E-state index >= 15 is 0 Å². The van der Waals surface area contributed by atoms with Crippen molar-refractivity contribution < 1.29 is 14.4 Å². The summed E-state index contributed by atoms with van der Waals surface area (Å²) in [5.41, 5.74) is 3.14. The molecule has 4 heterocycles. The standard InChI is InChI=1S/C23H31N5O3/c1-26-12-9-24-23(15-26)7-10-27(11-8-23)13-16-3-2-4-17-18(16)14-28(22(17)31)19-5-6-20(29)25-21(19)30/h2-4,19,24H,5-15H2,1H3,(H,25,29,30). The number of piperidine rings is 2. The Kier molecular flexibility index (Phi) is 5.32. The van der Waals surface area contributed by atoms with E-state index in [4.69, 9.17) is 0 Å². The van der Waals surface area contributed by atoms with E-state index < -0.39 is 6.04 Å². The molecule has 1 atom stereocenters. The van der Waals surface area contributed by atoms with Crippen LogP contribution in [0.5, 0.6) is 0 Å². The lowest BCUT2D eigenvalue weighted by Gasteiger charge is -2.47. The minimum absolute atomic E-state index is 0.0987. The summed E-state index contributed by atoms with van der Waals surface area (Å²) in [7, 11) is 2.20. The first-order valence-corrected chi connectivity index (χ1v) is 11.4. The number of piperazine rings is 1. The van der Waals surface area contributed by atoms with Crippen LogP contribution in [0.1, 0.15) is 47.2 Å². The number of hydrogen-bond donors (Lipinski definition) is 2. The lowest BCUT2D eigenvalue weighted by molar-refractivity contribution is -0.136. The van der Waals surface area contributed by atoms with Gasteiger partial charge in [-0.2, -0.15) is 0 Å². The Morgan fingerprint density at radius 1 is 1.13 bits per heavy atom. The number of amides is 3. The smallest absolute Gasteiger partial charge is 0.255 e. The molecule has 1 aromatic rings. The molecule has 4 aliphatic rings. The van der Waals surface area contributed by atoms with Gasteiger partial charge in [0.1, 0.15) is 6.04 Å². The van der Waals surface area contributed by atoms with Gasteiger partial charge in [-0.3, -0.25) is 24.6 Å². The number of nitrogens with zero attached hydrogens (tertiary/aromatic N) is 3. The van der Waals surface area contributed by atoms with Crippen LogP contribution in [0.3, 0.4) is 0 Å². The number of rotatable bonds is 3. The molecule has 31 heavy (non-hydrogen) atoms. The molecule has 0 saturated carbocycles. The first-order valence-electron chi connectivity index (χ1n) is 11.4. The number of carbonyl (C=O) groups excluding carboxylic acids is 3. The normalized spacial score (nSPS) is 26.9. The average Bonchev–Trinajstić information content (AvgIpc) is 3.07. The highest BCUT2D eigenvalue weighted by Gasteiger charge is 2.41. The van der Waals surface area contributed by atoms with E-state index in [9.17, 15) is 14.4 Å². The van der Waals surface area contributed by atoms with Crippen molar-refractivity contribution in [3.63, 3.8) is 0 Å². The van der Waals surface area contributed by atoms with E-state index in [1.807, 2.05) is 12.1 Å². The molecule has 3 fully saturated rings. The van der Waals surface area contributed by atoms with E-state index in [0.29, 0.717) is 18.5 Å². The van der Waals surface area contributed by atoms with Crippen LogP contribution in [0.2, 0.25) is 0 Å². The summed E-state index contributed by atoms with van der Waals surface area (Å²) in [5.74, 6) is -0.712. The molecule has 2 N–H and O–H groups in total. The Bertz CT molecular complexity index is 908. The van der Waals surface area contributed by atoms with Crippen molar-refractivity contribution in [2.45, 2.75) is 50.4 Å². The predicted molar refractivity (Wildman–Crippen MR) is 115 cm³/mol. The third-order valence-electron chi connectivity index (χ3n) is 7.45. The van der Waals surface area contributed by atoms with Crippen LogP contribution in [-0.4, -0.2) is 83.8 Å². The number of hydrogen-bond acceptors (Lipinski definition) is 6. The Labute approximate surface area is 182 Å². The van der Waals surface area contributed by atoms with Gasteiger partial charge in [-0.15, -0.1) is 0 Å². The van der Waals surface area contributed by atoms with Crippen LogP contribution >= 0.6 is 0 Å². The zero-order chi connectivity index (χ0) is 21.6. The molecule has 0 bridgehead atoms. The molecule has 4 aliphatic heterocycles. The van der Waals surface area contributed by atoms with Crippen LogP contribution in [0.25, 0.3) is 0 Å². The Morgan fingerprint density at radius 3 is 2.68 bits per heavy atom. The first kappa shape index (κ1) is 20.6. The van der Waals surface area contributed by atoms with Crippen molar-refractivity contribution in [1.29, 1.82) is 0 Å². The van der Waals surface area contributed by atoms with Crippen LogP contribution in [-0.2, 0) is 22.7 Å². The van der Waals surface area contributed by atoms with Gasteiger partial charge in [0.25, 0.3) is 5.91 Å². The van der Waals surface area contributed by atoms with Crippen LogP contribution in [0.4, 0.5) is 0 Å². The molecular weight excluding hydrogens is 394 g/mol. The highest BCUT2D eigenvalue weighted by molar-refractivity contribution is 6.05. The fraction of sp³-hybridized carbons (Fsp3) is 0.609. The van der Waals surface area contributed by atoms with E-state index in [-0.39, 0.29) is 29.7 Å². The Balaban J connectivity index is 1.27. The summed E-state index contributed by atoms with van der Waals surface area (Å²) in [6.07, 6.45) is 2.94. The maximum Gasteiger partial charge on any atom is 0.255 e. The second-order valence-electron chi connectivity index (χ2n) is 9.56. The summed E-state index contributed by atoms with van der Waals surface area (Å²) >= 11 is 0. The molecule has 5 rings (SSSR count). The number of carbonyl (C=O) groups is 3. The van der Waals surface area contributed by atoms with Gasteiger partial charge in [-0.1, -0.05) is 12.1 Å². The molecule has 3 amide bonds. The number of fused-ring (bicyclic) bond motifs is 1. The van der Waals surface area contributed by atoms with E-state index in [1.54, 1.807) is 4.90 Å². The van der Waals surface area contributed by atoms with Crippen molar-refractivity contribution in [2.75, 3.05) is 39.8 Å². The molecule has 8 heteroatoms. The third-order valence-corrected chi connectivity index (χ3v) is 7.45. The Hall–Kier alpha value is -2.29. The molecule has 8 nitrogen and oxygen atoms in total. The second-order valence-corrected chi connectivity index (χ2v) is 9.56. The highest BCUT2D eigenvalue weighted by Crippen LogP contribution is 2.32. The lowest BCUT2D eigenvalue weighted by atomic mass is 9.85. The minimum Gasteiger partial charge on any atom is -0.322 e. The summed E-state index contributed by atoms with van der Waals surface area (Å²) < 4.78 is 0. The van der Waals surface area contributed by atoms with Gasteiger partial charge in [-0.25, -0.2) is 0 Å². The molecule has 1 aromatic carbocycles. The maximum atomic E-state index is 13.0. The van der Waals surface area contributed by atoms with E-state index in [1.165, 1.54) is 5.56 Å². The molecular formula is C23H31N5O3. The van der Waals surface area contributed by atoms with E-state index in [0.717, 1.165) is 57.7 Å². The van der Waals surface area contributed by atoms with Crippen LogP contribution < -0.4 is 10.6 Å². The molecule has 0 aliphatic carbocycles. The molecule has 1 unspecified atom stereocenters. The summed E-state index contributed by atoms with van der Waals surface area (Å²) in [6.45, 7) is 6.62. The topological polar surface area (TPSA) is 85.0 Å². The monoisotopic (exact) mass is 425 g/mol. The largest absolute Gasteiger partial charge is 0.322 e. The van der Waals surface area contributed by atoms with Gasteiger partial charge in [0.2, 0.25) is 11.8 Å². The number of benzene rings is 1. The quantitative estimate of drug-likeness (QED) is 0.679. The SMILES string of the molecule is CN1CCNC2(CCN(Cc3cccc4c3CN(C3CCC(=O)NC3=O)C4=O)CC2)C1. The summed E-state index contributed by atoms with van der Waals surface area (Å²) in [5, 5.41) is 6.14. The molecule has 0 radical (unpaired) electrons. The number of likely N-dealkylation sites (N-methyl/N-ethyl adjacent to an activating group) is 1. The van der Waals surface area contributed by atoms with Gasteiger partial charge in [0, 0.05) is 63.3 Å². The molecule has 3 saturated heterocycles. The molecule has 0 aromatic heterocycles. The fourth-order valence-electron chi connectivity index (χ4n) is 5.68. The van der Waals surface area contributed by atoms with Crippen molar-refractivity contribution in [3.8, 4) is 0 Å². The van der Waals surface area contributed by atoms with Crippen molar-refractivity contribution in [3.05, 3.63) is 34.9 Å². The van der Waals surface area contributed by atoms with Gasteiger partial charge in [0.15, 0.2) is 0 Å². The van der Waals surface area contributed by atoms with Crippen molar-refractivity contribution in [2.24, 2.45) is 0 Å². The third kappa shape index (κ3) is 3.88. The fourth-order valence-corrected chi connectivity index (χ4v) is 5.68. The lowest BCUT2D eigenvalue weighted by Crippen LogP contribution is -2.63. The van der Waals surface area contributed by atoms with Gasteiger partial charge in [-0.05, 0) is 43.5 Å². The van der Waals surface area contributed by atoms with Gasteiger partial charge in [0.05, 0.1) is 0 Å². The zero-order valence-electron chi connectivity index (χ0n) is 18.2. The number of likely N-dealkylation sites (tertiary alicyclic amines) is 1. The predicted octanol–water partition coefficient (Wildman–Crippen LogP) is 0.317. The molecule has 1 spiro atoms. The highest BCUT2D eigenvalue weighted by atomic mass is 16.2. The average molecular weight is 426 g/mol. The minimum atomic E-state index is -0.560. The van der Waals surface area contributed by atoms with Crippen LogP contribution in [0.15, 0.2) is 18.2 Å². The first-order chi connectivity index (χ1) is 14.9. The number of imide groups is 1. The van der Waals surface area contributed by atoms with E-state index in [2.05, 4.69) is 33.5 Å². The zero-order valence-corrected chi connectivity index (χ0v) is 18.2. The van der Waals surface area contributed by atoms with Crippen molar-refractivity contribution in [1.82, 2.24) is 25.3 Å². The van der Waals surface area contributed by atoms with Gasteiger partial charge < -0.3 is 15.1 Å².